The standard InChI is InChI=1S/C12H14FN5OS/c1-8(9-3-5-10(13)6-4-9)14-11(19)7-20-12-15-16-17-18(12)2/h3-6,8H,7H2,1-2H3,(H,14,19)/t8-/m0/s1. The lowest BCUT2D eigenvalue weighted by Crippen LogP contribution is -2.28. The Kier molecular flexibility index (Phi) is 4.67. The maximum absolute atomic E-state index is 12.8. The van der Waals surface area contributed by atoms with Gasteiger partial charge in [-0.3, -0.25) is 4.79 Å². The monoisotopic (exact) mass is 295 g/mol. The number of tetrazole rings is 1. The summed E-state index contributed by atoms with van der Waals surface area (Å²) in [7, 11) is 1.71. The summed E-state index contributed by atoms with van der Waals surface area (Å²) in [5.41, 5.74) is 0.852. The van der Waals surface area contributed by atoms with Crippen molar-refractivity contribution in [3.8, 4) is 0 Å². The average Bonchev–Trinajstić information content (AvgIpc) is 2.82. The Hall–Kier alpha value is -1.96. The maximum atomic E-state index is 12.8. The molecule has 0 aliphatic rings. The number of halogens is 1. The summed E-state index contributed by atoms with van der Waals surface area (Å²) in [5.74, 6) is -0.202. The third-order valence-corrected chi connectivity index (χ3v) is 3.67. The first-order valence-corrected chi connectivity index (χ1v) is 6.95. The molecule has 1 N–H and O–H groups in total. The normalized spacial score (nSPS) is 12.2. The van der Waals surface area contributed by atoms with Gasteiger partial charge >= 0.3 is 0 Å². The summed E-state index contributed by atoms with van der Waals surface area (Å²) >= 11 is 1.26. The third kappa shape index (κ3) is 3.77. The minimum atomic E-state index is -0.294. The second-order valence-corrected chi connectivity index (χ2v) is 5.16. The van der Waals surface area contributed by atoms with Crippen LogP contribution < -0.4 is 5.32 Å². The van der Waals surface area contributed by atoms with Crippen molar-refractivity contribution in [2.24, 2.45) is 7.05 Å². The molecule has 2 rings (SSSR count). The molecule has 1 atom stereocenters. The predicted octanol–water partition coefficient (Wildman–Crippen LogP) is 1.32. The van der Waals surface area contributed by atoms with Crippen LogP contribution in [0.1, 0.15) is 18.5 Å². The maximum Gasteiger partial charge on any atom is 0.230 e. The van der Waals surface area contributed by atoms with Gasteiger partial charge in [0.05, 0.1) is 11.8 Å². The first-order chi connectivity index (χ1) is 9.56. The van der Waals surface area contributed by atoms with E-state index in [9.17, 15) is 9.18 Å². The molecule has 0 saturated carbocycles. The minimum Gasteiger partial charge on any atom is -0.349 e. The number of nitrogens with one attached hydrogen (secondary N) is 1. The molecule has 0 bridgehead atoms. The number of nitrogens with zero attached hydrogens (tertiary/aromatic N) is 4. The van der Waals surface area contributed by atoms with Gasteiger partial charge in [-0.1, -0.05) is 23.9 Å². The number of amides is 1. The van der Waals surface area contributed by atoms with Crippen LogP contribution in [0, 0.1) is 5.82 Å². The van der Waals surface area contributed by atoms with Crippen molar-refractivity contribution in [3.63, 3.8) is 0 Å². The molecule has 106 valence electrons. The molecule has 0 saturated heterocycles. The van der Waals surface area contributed by atoms with Gasteiger partial charge in [-0.15, -0.1) is 5.10 Å². The summed E-state index contributed by atoms with van der Waals surface area (Å²) in [6, 6.07) is 5.87. The van der Waals surface area contributed by atoms with Crippen molar-refractivity contribution < 1.29 is 9.18 Å². The smallest absolute Gasteiger partial charge is 0.230 e. The number of carbonyl (C=O) groups excluding carboxylic acids is 1. The average molecular weight is 295 g/mol. The zero-order valence-electron chi connectivity index (χ0n) is 11.1. The second kappa shape index (κ2) is 6.47. The summed E-state index contributed by atoms with van der Waals surface area (Å²) in [6.07, 6.45) is 0. The van der Waals surface area contributed by atoms with E-state index in [1.807, 2.05) is 6.92 Å². The summed E-state index contributed by atoms with van der Waals surface area (Å²) in [4.78, 5) is 11.8. The van der Waals surface area contributed by atoms with Crippen LogP contribution in [0.5, 0.6) is 0 Å². The van der Waals surface area contributed by atoms with E-state index in [4.69, 9.17) is 0 Å². The lowest BCUT2D eigenvalue weighted by atomic mass is 10.1. The fraction of sp³-hybridized carbons (Fsp3) is 0.333. The Morgan fingerprint density at radius 3 is 2.75 bits per heavy atom. The number of aryl methyl sites for hydroxylation is 1. The van der Waals surface area contributed by atoms with E-state index >= 15 is 0 Å². The van der Waals surface area contributed by atoms with E-state index in [0.717, 1.165) is 5.56 Å². The predicted molar refractivity (Wildman–Crippen MR) is 72.5 cm³/mol. The number of hydrogen-bond donors (Lipinski definition) is 1. The van der Waals surface area contributed by atoms with Crippen molar-refractivity contribution in [1.29, 1.82) is 0 Å². The third-order valence-electron chi connectivity index (χ3n) is 2.66. The fourth-order valence-corrected chi connectivity index (χ4v) is 2.25. The minimum absolute atomic E-state index is 0.130. The molecule has 1 aromatic carbocycles. The van der Waals surface area contributed by atoms with Crippen LogP contribution in [0.3, 0.4) is 0 Å². The van der Waals surface area contributed by atoms with Crippen LogP contribution in [0.25, 0.3) is 0 Å². The van der Waals surface area contributed by atoms with E-state index in [0.29, 0.717) is 5.16 Å². The van der Waals surface area contributed by atoms with Gasteiger partial charge in [-0.2, -0.15) is 0 Å². The first kappa shape index (κ1) is 14.4. The van der Waals surface area contributed by atoms with Gasteiger partial charge in [0.2, 0.25) is 11.1 Å². The molecule has 0 aliphatic carbocycles. The topological polar surface area (TPSA) is 72.7 Å². The van der Waals surface area contributed by atoms with E-state index in [1.165, 1.54) is 28.6 Å². The van der Waals surface area contributed by atoms with E-state index in [2.05, 4.69) is 20.8 Å². The largest absolute Gasteiger partial charge is 0.349 e. The molecular formula is C12H14FN5OS. The van der Waals surface area contributed by atoms with Gasteiger partial charge in [0.15, 0.2) is 0 Å². The van der Waals surface area contributed by atoms with Crippen molar-refractivity contribution in [3.05, 3.63) is 35.6 Å². The highest BCUT2D eigenvalue weighted by molar-refractivity contribution is 7.99. The van der Waals surface area contributed by atoms with Crippen molar-refractivity contribution >= 4 is 17.7 Å². The summed E-state index contributed by atoms with van der Waals surface area (Å²) in [5, 5.41) is 14.4. The number of thioether (sulfide) groups is 1. The SMILES string of the molecule is C[C@H](NC(=O)CSc1nnnn1C)c1ccc(F)cc1. The van der Waals surface area contributed by atoms with Gasteiger partial charge in [-0.05, 0) is 35.0 Å². The van der Waals surface area contributed by atoms with Crippen molar-refractivity contribution in [2.45, 2.75) is 18.1 Å². The zero-order valence-corrected chi connectivity index (χ0v) is 11.9. The number of carbonyl (C=O) groups is 1. The first-order valence-electron chi connectivity index (χ1n) is 5.96. The van der Waals surface area contributed by atoms with Gasteiger partial charge in [0.25, 0.3) is 0 Å². The van der Waals surface area contributed by atoms with Crippen LogP contribution in [0.15, 0.2) is 29.4 Å². The molecular weight excluding hydrogens is 281 g/mol. The molecule has 1 aromatic heterocycles. The van der Waals surface area contributed by atoms with Crippen LogP contribution in [-0.4, -0.2) is 31.9 Å². The van der Waals surface area contributed by atoms with E-state index in [1.54, 1.807) is 19.2 Å². The Morgan fingerprint density at radius 1 is 1.45 bits per heavy atom. The number of aromatic nitrogens is 4. The quantitative estimate of drug-likeness (QED) is 0.842. The number of rotatable bonds is 5. The molecule has 0 unspecified atom stereocenters. The van der Waals surface area contributed by atoms with Crippen molar-refractivity contribution in [2.75, 3.05) is 5.75 Å². The van der Waals surface area contributed by atoms with E-state index in [-0.39, 0.29) is 23.5 Å². The highest BCUT2D eigenvalue weighted by Crippen LogP contribution is 2.15. The summed E-state index contributed by atoms with van der Waals surface area (Å²) in [6.45, 7) is 1.85. The molecule has 0 fully saturated rings. The van der Waals surface area contributed by atoms with Crippen LogP contribution >= 0.6 is 11.8 Å². The molecule has 1 heterocycles. The lowest BCUT2D eigenvalue weighted by Gasteiger charge is -2.13. The lowest BCUT2D eigenvalue weighted by molar-refractivity contribution is -0.119. The van der Waals surface area contributed by atoms with E-state index < -0.39 is 0 Å². The van der Waals surface area contributed by atoms with Crippen LogP contribution in [-0.2, 0) is 11.8 Å². The molecule has 0 spiro atoms. The number of benzene rings is 1. The molecule has 0 aliphatic heterocycles. The summed E-state index contributed by atoms with van der Waals surface area (Å²) < 4.78 is 14.3. The molecule has 20 heavy (non-hydrogen) atoms. The highest BCUT2D eigenvalue weighted by atomic mass is 32.2. The Balaban J connectivity index is 1.85. The molecule has 2 aromatic rings. The van der Waals surface area contributed by atoms with Crippen LogP contribution in [0.2, 0.25) is 0 Å². The Morgan fingerprint density at radius 2 is 2.15 bits per heavy atom. The van der Waals surface area contributed by atoms with Gasteiger partial charge in [-0.25, -0.2) is 9.07 Å². The molecule has 1 amide bonds. The van der Waals surface area contributed by atoms with Gasteiger partial charge in [0.1, 0.15) is 5.82 Å². The molecule has 0 radical (unpaired) electrons. The second-order valence-electron chi connectivity index (χ2n) is 4.21. The Labute approximate surface area is 119 Å². The zero-order chi connectivity index (χ0) is 14.5. The fourth-order valence-electron chi connectivity index (χ4n) is 1.59. The van der Waals surface area contributed by atoms with Gasteiger partial charge in [0, 0.05) is 7.05 Å². The van der Waals surface area contributed by atoms with Crippen molar-refractivity contribution in [1.82, 2.24) is 25.5 Å². The Bertz CT molecular complexity index is 586. The highest BCUT2D eigenvalue weighted by Gasteiger charge is 2.11. The molecule has 8 heteroatoms. The molecule has 6 nitrogen and oxygen atoms in total. The number of hydrogen-bond acceptors (Lipinski definition) is 5. The van der Waals surface area contributed by atoms with Gasteiger partial charge < -0.3 is 5.32 Å². The van der Waals surface area contributed by atoms with Crippen LogP contribution in [0.4, 0.5) is 4.39 Å².